The van der Waals surface area contributed by atoms with Crippen LogP contribution in [0.3, 0.4) is 0 Å². The number of carbonyl (C=O) groups is 2. The van der Waals surface area contributed by atoms with Gasteiger partial charge in [-0.1, -0.05) is 63.9 Å². The molecule has 6 nitrogen and oxygen atoms in total. The first-order chi connectivity index (χ1) is 14.1. The minimum Gasteiger partial charge on any atom is -0.443 e. The fourth-order valence-corrected chi connectivity index (χ4v) is 4.84. The van der Waals surface area contributed by atoms with Gasteiger partial charge in [0.2, 0.25) is 0 Å². The molecule has 1 aromatic rings. The Kier molecular flexibility index (Phi) is 8.91. The maximum absolute atomic E-state index is 12.1. The molecule has 30 heavy (non-hydrogen) atoms. The standard InChI is InChI=1S/C23H37NO5Si/c1-23(2,3)30(4,5)29-20-14-10-9-13-19(20)15-16-21(25)28-24-22(26)27-17-18-11-7-6-8-12-18/h6-8,11-12,19-20H,9-10,13-17H2,1-5H3,(H,24,26). The van der Waals surface area contributed by atoms with E-state index >= 15 is 0 Å². The van der Waals surface area contributed by atoms with Crippen molar-refractivity contribution in [3.63, 3.8) is 0 Å². The number of carbonyl (C=O) groups excluding carboxylic acids is 2. The van der Waals surface area contributed by atoms with Crippen LogP contribution in [-0.2, 0) is 25.4 Å². The zero-order valence-electron chi connectivity index (χ0n) is 19.0. The van der Waals surface area contributed by atoms with E-state index in [1.807, 2.05) is 30.3 Å². The summed E-state index contributed by atoms with van der Waals surface area (Å²) in [6.45, 7) is 11.4. The Morgan fingerprint density at radius 2 is 1.77 bits per heavy atom. The summed E-state index contributed by atoms with van der Waals surface area (Å²) in [5.41, 5.74) is 2.94. The number of ether oxygens (including phenoxy) is 1. The lowest BCUT2D eigenvalue weighted by Gasteiger charge is -2.43. The first kappa shape index (κ1) is 24.4. The lowest BCUT2D eigenvalue weighted by molar-refractivity contribution is -0.150. The Labute approximate surface area is 181 Å². The molecule has 1 fully saturated rings. The van der Waals surface area contributed by atoms with E-state index in [-0.39, 0.29) is 24.2 Å². The van der Waals surface area contributed by atoms with E-state index < -0.39 is 20.4 Å². The summed E-state index contributed by atoms with van der Waals surface area (Å²) in [5, 5.41) is 0.165. The van der Waals surface area contributed by atoms with Gasteiger partial charge in [-0.2, -0.15) is 0 Å². The SMILES string of the molecule is CC(C)(C)[Si](C)(C)OC1CCCCC1CCC(=O)ONC(=O)OCc1ccccc1. The molecule has 2 unspecified atom stereocenters. The first-order valence-corrected chi connectivity index (χ1v) is 13.8. The van der Waals surface area contributed by atoms with Crippen molar-refractivity contribution in [3.8, 4) is 0 Å². The van der Waals surface area contributed by atoms with Gasteiger partial charge in [-0.25, -0.2) is 9.59 Å². The quantitative estimate of drug-likeness (QED) is 0.437. The first-order valence-electron chi connectivity index (χ1n) is 10.9. The van der Waals surface area contributed by atoms with Crippen LogP contribution in [0.15, 0.2) is 30.3 Å². The summed E-state index contributed by atoms with van der Waals surface area (Å²) in [5.74, 6) is -0.103. The second-order valence-electron chi connectivity index (χ2n) is 9.64. The molecular formula is C23H37NO5Si. The lowest BCUT2D eigenvalue weighted by atomic mass is 9.83. The van der Waals surface area contributed by atoms with Crippen molar-refractivity contribution >= 4 is 20.4 Å². The molecule has 0 radical (unpaired) electrons. The molecule has 0 aliphatic heterocycles. The highest BCUT2D eigenvalue weighted by Crippen LogP contribution is 2.41. The summed E-state index contributed by atoms with van der Waals surface area (Å²) in [6.07, 6.45) is 4.85. The number of benzene rings is 1. The molecule has 1 aromatic carbocycles. The minimum absolute atomic E-state index is 0.124. The van der Waals surface area contributed by atoms with Gasteiger partial charge in [0, 0.05) is 12.5 Å². The van der Waals surface area contributed by atoms with Crippen molar-refractivity contribution in [1.82, 2.24) is 5.48 Å². The van der Waals surface area contributed by atoms with Gasteiger partial charge in [-0.15, -0.1) is 5.48 Å². The van der Waals surface area contributed by atoms with E-state index in [0.29, 0.717) is 12.3 Å². The molecule has 0 aromatic heterocycles. The molecule has 7 heteroatoms. The van der Waals surface area contributed by atoms with E-state index in [1.54, 1.807) is 0 Å². The van der Waals surface area contributed by atoms with Gasteiger partial charge in [0.25, 0.3) is 0 Å². The van der Waals surface area contributed by atoms with Crippen LogP contribution < -0.4 is 5.48 Å². The highest BCUT2D eigenvalue weighted by Gasteiger charge is 2.41. The van der Waals surface area contributed by atoms with Crippen molar-refractivity contribution in [2.24, 2.45) is 5.92 Å². The Balaban J connectivity index is 1.73. The third-order valence-electron chi connectivity index (χ3n) is 6.27. The largest absolute Gasteiger partial charge is 0.443 e. The molecule has 0 saturated heterocycles. The summed E-state index contributed by atoms with van der Waals surface area (Å²) in [7, 11) is -1.85. The molecule has 1 N–H and O–H groups in total. The smallest absolute Gasteiger partial charge is 0.441 e. The van der Waals surface area contributed by atoms with Crippen LogP contribution in [0.25, 0.3) is 0 Å². The van der Waals surface area contributed by atoms with Crippen molar-refractivity contribution < 1.29 is 23.6 Å². The van der Waals surface area contributed by atoms with Crippen molar-refractivity contribution in [3.05, 3.63) is 35.9 Å². The molecule has 0 heterocycles. The Bertz CT molecular complexity index is 687. The van der Waals surface area contributed by atoms with Gasteiger partial charge in [0.1, 0.15) is 6.61 Å². The molecule has 1 aliphatic carbocycles. The van der Waals surface area contributed by atoms with Crippen LogP contribution >= 0.6 is 0 Å². The fraction of sp³-hybridized carbons (Fsp3) is 0.652. The Hall–Kier alpha value is -1.86. The van der Waals surface area contributed by atoms with Gasteiger partial charge >= 0.3 is 12.1 Å². The molecule has 2 atom stereocenters. The predicted octanol–water partition coefficient (Wildman–Crippen LogP) is 5.73. The number of amides is 1. The van der Waals surface area contributed by atoms with Gasteiger partial charge in [0.15, 0.2) is 8.32 Å². The number of hydroxylamine groups is 1. The zero-order valence-corrected chi connectivity index (χ0v) is 20.0. The molecule has 1 saturated carbocycles. The summed E-state index contributed by atoms with van der Waals surface area (Å²) in [6, 6.07) is 9.32. The molecule has 2 rings (SSSR count). The van der Waals surface area contributed by atoms with Gasteiger partial charge in [-0.05, 0) is 48.9 Å². The molecule has 0 spiro atoms. The number of hydrogen-bond donors (Lipinski definition) is 1. The van der Waals surface area contributed by atoms with Crippen molar-refractivity contribution in [1.29, 1.82) is 0 Å². The number of nitrogens with one attached hydrogen (secondary N) is 1. The normalized spacial score (nSPS) is 19.8. The van der Waals surface area contributed by atoms with Gasteiger partial charge < -0.3 is 14.0 Å². The minimum atomic E-state index is -1.85. The van der Waals surface area contributed by atoms with Crippen LogP contribution in [0, 0.1) is 5.92 Å². The molecule has 0 bridgehead atoms. The third-order valence-corrected chi connectivity index (χ3v) is 10.8. The zero-order chi connectivity index (χ0) is 22.2. The van der Waals surface area contributed by atoms with Crippen LogP contribution in [-0.4, -0.2) is 26.5 Å². The van der Waals surface area contributed by atoms with Gasteiger partial charge in [-0.3, -0.25) is 0 Å². The Morgan fingerprint density at radius 3 is 2.43 bits per heavy atom. The topological polar surface area (TPSA) is 73.9 Å². The van der Waals surface area contributed by atoms with Gasteiger partial charge in [0.05, 0.1) is 0 Å². The van der Waals surface area contributed by atoms with Crippen LogP contribution in [0.1, 0.15) is 64.9 Å². The number of rotatable bonds is 7. The molecule has 1 amide bonds. The van der Waals surface area contributed by atoms with E-state index in [0.717, 1.165) is 18.4 Å². The number of hydrogen-bond acceptors (Lipinski definition) is 5. The second-order valence-corrected chi connectivity index (χ2v) is 14.4. The summed E-state index contributed by atoms with van der Waals surface area (Å²) >= 11 is 0. The van der Waals surface area contributed by atoms with E-state index in [4.69, 9.17) is 14.0 Å². The fourth-order valence-electron chi connectivity index (χ4n) is 3.42. The third kappa shape index (κ3) is 7.76. The average molecular weight is 436 g/mol. The molecular weight excluding hydrogens is 398 g/mol. The maximum atomic E-state index is 12.1. The maximum Gasteiger partial charge on any atom is 0.441 e. The van der Waals surface area contributed by atoms with Crippen LogP contribution in [0.5, 0.6) is 0 Å². The summed E-state index contributed by atoms with van der Waals surface area (Å²) in [4.78, 5) is 28.7. The monoisotopic (exact) mass is 435 g/mol. The average Bonchev–Trinajstić information content (AvgIpc) is 2.69. The highest BCUT2D eigenvalue weighted by atomic mass is 28.4. The van der Waals surface area contributed by atoms with Crippen molar-refractivity contribution in [2.75, 3.05) is 0 Å². The van der Waals surface area contributed by atoms with E-state index in [9.17, 15) is 9.59 Å². The Morgan fingerprint density at radius 1 is 1.10 bits per heavy atom. The predicted molar refractivity (Wildman–Crippen MR) is 119 cm³/mol. The van der Waals surface area contributed by atoms with Crippen molar-refractivity contribution in [2.45, 2.75) is 90.1 Å². The second kappa shape index (κ2) is 11.0. The van der Waals surface area contributed by atoms with Crippen LogP contribution in [0.4, 0.5) is 4.79 Å². The highest BCUT2D eigenvalue weighted by molar-refractivity contribution is 6.74. The molecule has 168 valence electrons. The summed E-state index contributed by atoms with van der Waals surface area (Å²) < 4.78 is 11.7. The van der Waals surface area contributed by atoms with E-state index in [2.05, 4.69) is 39.3 Å². The van der Waals surface area contributed by atoms with E-state index in [1.165, 1.54) is 12.8 Å². The molecule has 1 aliphatic rings. The lowest BCUT2D eigenvalue weighted by Crippen LogP contribution is -2.46. The van der Waals surface area contributed by atoms with Crippen LogP contribution in [0.2, 0.25) is 18.1 Å².